The Morgan fingerprint density at radius 1 is 1.21 bits per heavy atom. The van der Waals surface area contributed by atoms with E-state index in [1.807, 2.05) is 12.4 Å². The van der Waals surface area contributed by atoms with Crippen LogP contribution in [0.4, 0.5) is 5.95 Å². The topological polar surface area (TPSA) is 41.1 Å². The second kappa shape index (κ2) is 5.45. The SMILES string of the molecule is CC1CCN(c2ncc(CNC3CC3)cn2)C(C)C1. The number of aromatic nitrogens is 2. The smallest absolute Gasteiger partial charge is 0.225 e. The Kier molecular flexibility index (Phi) is 3.69. The molecule has 1 saturated heterocycles. The summed E-state index contributed by atoms with van der Waals surface area (Å²) in [6, 6.07) is 1.29. The Balaban J connectivity index is 1.60. The van der Waals surface area contributed by atoms with Crippen LogP contribution in [-0.4, -0.2) is 28.6 Å². The van der Waals surface area contributed by atoms with Gasteiger partial charge >= 0.3 is 0 Å². The number of nitrogens with one attached hydrogen (secondary N) is 1. The number of piperidine rings is 1. The molecule has 1 aliphatic carbocycles. The minimum absolute atomic E-state index is 0.555. The van der Waals surface area contributed by atoms with Crippen molar-refractivity contribution in [1.29, 1.82) is 0 Å². The molecule has 0 bridgehead atoms. The summed E-state index contributed by atoms with van der Waals surface area (Å²) in [6.45, 7) is 6.60. The average molecular weight is 260 g/mol. The summed E-state index contributed by atoms with van der Waals surface area (Å²) >= 11 is 0. The zero-order valence-corrected chi connectivity index (χ0v) is 12.0. The molecule has 2 aliphatic rings. The van der Waals surface area contributed by atoms with Crippen LogP contribution in [-0.2, 0) is 6.54 Å². The van der Waals surface area contributed by atoms with Crippen molar-refractivity contribution in [2.24, 2.45) is 5.92 Å². The van der Waals surface area contributed by atoms with Crippen molar-refractivity contribution in [2.75, 3.05) is 11.4 Å². The van der Waals surface area contributed by atoms with Crippen LogP contribution in [0.1, 0.15) is 45.1 Å². The van der Waals surface area contributed by atoms with Gasteiger partial charge in [0.1, 0.15) is 0 Å². The van der Waals surface area contributed by atoms with Crippen molar-refractivity contribution in [3.8, 4) is 0 Å². The first-order valence-corrected chi connectivity index (χ1v) is 7.53. The van der Waals surface area contributed by atoms with Gasteiger partial charge in [-0.15, -0.1) is 0 Å². The van der Waals surface area contributed by atoms with Crippen LogP contribution in [0.15, 0.2) is 12.4 Å². The number of nitrogens with zero attached hydrogens (tertiary/aromatic N) is 3. The van der Waals surface area contributed by atoms with Gasteiger partial charge in [-0.2, -0.15) is 0 Å². The summed E-state index contributed by atoms with van der Waals surface area (Å²) in [5.41, 5.74) is 1.19. The average Bonchev–Trinajstić information content (AvgIpc) is 3.21. The van der Waals surface area contributed by atoms with Gasteiger partial charge in [-0.05, 0) is 38.5 Å². The fraction of sp³-hybridized carbons (Fsp3) is 0.733. The summed E-state index contributed by atoms with van der Waals surface area (Å²) in [5.74, 6) is 1.72. The Bertz CT molecular complexity index is 413. The zero-order valence-electron chi connectivity index (χ0n) is 12.0. The van der Waals surface area contributed by atoms with Crippen molar-refractivity contribution in [3.05, 3.63) is 18.0 Å². The van der Waals surface area contributed by atoms with Gasteiger partial charge in [0.25, 0.3) is 0 Å². The normalized spacial score (nSPS) is 27.6. The van der Waals surface area contributed by atoms with Crippen LogP contribution in [0.2, 0.25) is 0 Å². The van der Waals surface area contributed by atoms with Gasteiger partial charge in [0.2, 0.25) is 5.95 Å². The van der Waals surface area contributed by atoms with E-state index in [1.165, 1.54) is 31.2 Å². The van der Waals surface area contributed by atoms with Crippen molar-refractivity contribution in [1.82, 2.24) is 15.3 Å². The van der Waals surface area contributed by atoms with Gasteiger partial charge in [0.15, 0.2) is 0 Å². The molecule has 2 fully saturated rings. The first kappa shape index (κ1) is 12.9. The molecule has 4 heteroatoms. The van der Waals surface area contributed by atoms with Crippen molar-refractivity contribution in [3.63, 3.8) is 0 Å². The zero-order chi connectivity index (χ0) is 13.2. The molecule has 0 spiro atoms. The second-order valence-corrected chi connectivity index (χ2v) is 6.22. The van der Waals surface area contributed by atoms with Gasteiger partial charge in [0, 0.05) is 43.1 Å². The largest absolute Gasteiger partial charge is 0.338 e. The highest BCUT2D eigenvalue weighted by atomic mass is 15.3. The molecule has 2 unspecified atom stereocenters. The maximum absolute atomic E-state index is 4.55. The lowest BCUT2D eigenvalue weighted by molar-refractivity contribution is 0.374. The van der Waals surface area contributed by atoms with E-state index in [2.05, 4.69) is 34.0 Å². The van der Waals surface area contributed by atoms with E-state index in [1.54, 1.807) is 0 Å². The standard InChI is InChI=1S/C15H24N4/c1-11-5-6-19(12(2)7-11)15-17-9-13(10-18-15)8-16-14-3-4-14/h9-12,14,16H,3-8H2,1-2H3. The minimum atomic E-state index is 0.555. The van der Waals surface area contributed by atoms with Crippen LogP contribution in [0.25, 0.3) is 0 Å². The van der Waals surface area contributed by atoms with Crippen molar-refractivity contribution < 1.29 is 0 Å². The number of hydrogen-bond acceptors (Lipinski definition) is 4. The first-order chi connectivity index (χ1) is 9.22. The molecule has 3 rings (SSSR count). The van der Waals surface area contributed by atoms with Gasteiger partial charge in [-0.1, -0.05) is 6.92 Å². The third-order valence-electron chi connectivity index (χ3n) is 4.26. The maximum Gasteiger partial charge on any atom is 0.225 e. The second-order valence-electron chi connectivity index (χ2n) is 6.22. The molecule has 1 saturated carbocycles. The van der Waals surface area contributed by atoms with Crippen molar-refractivity contribution >= 4 is 5.95 Å². The number of anilines is 1. The third kappa shape index (κ3) is 3.24. The van der Waals surface area contributed by atoms with Crippen LogP contribution < -0.4 is 10.2 Å². The number of hydrogen-bond donors (Lipinski definition) is 1. The molecule has 1 aromatic heterocycles. The molecular formula is C15H24N4. The molecule has 0 radical (unpaired) electrons. The highest BCUT2D eigenvalue weighted by Gasteiger charge is 2.24. The van der Waals surface area contributed by atoms with E-state index in [4.69, 9.17) is 0 Å². The van der Waals surface area contributed by atoms with Gasteiger partial charge in [-0.25, -0.2) is 9.97 Å². The van der Waals surface area contributed by atoms with E-state index < -0.39 is 0 Å². The maximum atomic E-state index is 4.55. The Hall–Kier alpha value is -1.16. The third-order valence-corrected chi connectivity index (χ3v) is 4.26. The van der Waals surface area contributed by atoms with Crippen LogP contribution in [0.3, 0.4) is 0 Å². The Morgan fingerprint density at radius 2 is 1.95 bits per heavy atom. The molecule has 4 nitrogen and oxygen atoms in total. The fourth-order valence-electron chi connectivity index (χ4n) is 2.84. The van der Waals surface area contributed by atoms with Crippen LogP contribution in [0.5, 0.6) is 0 Å². The molecule has 1 aromatic rings. The highest BCUT2D eigenvalue weighted by molar-refractivity contribution is 5.32. The molecule has 19 heavy (non-hydrogen) atoms. The summed E-state index contributed by atoms with van der Waals surface area (Å²) in [7, 11) is 0. The Morgan fingerprint density at radius 3 is 2.58 bits per heavy atom. The summed E-state index contributed by atoms with van der Waals surface area (Å²) in [5, 5.41) is 3.49. The lowest BCUT2D eigenvalue weighted by atomic mass is 9.94. The monoisotopic (exact) mass is 260 g/mol. The minimum Gasteiger partial charge on any atom is -0.338 e. The van der Waals surface area contributed by atoms with E-state index in [-0.39, 0.29) is 0 Å². The lowest BCUT2D eigenvalue weighted by Crippen LogP contribution is -2.41. The van der Waals surface area contributed by atoms with E-state index in [9.17, 15) is 0 Å². The van der Waals surface area contributed by atoms with E-state index in [0.29, 0.717) is 6.04 Å². The van der Waals surface area contributed by atoms with Crippen molar-refractivity contribution in [2.45, 2.75) is 58.2 Å². The lowest BCUT2D eigenvalue weighted by Gasteiger charge is -2.36. The molecule has 2 atom stereocenters. The quantitative estimate of drug-likeness (QED) is 0.902. The summed E-state index contributed by atoms with van der Waals surface area (Å²) in [4.78, 5) is 11.4. The molecule has 0 aromatic carbocycles. The van der Waals surface area contributed by atoms with Crippen LogP contribution >= 0.6 is 0 Å². The molecular weight excluding hydrogens is 236 g/mol. The molecule has 2 heterocycles. The predicted octanol–water partition coefficient (Wildman–Crippen LogP) is 2.35. The summed E-state index contributed by atoms with van der Waals surface area (Å²) in [6.07, 6.45) is 9.09. The molecule has 1 aliphatic heterocycles. The summed E-state index contributed by atoms with van der Waals surface area (Å²) < 4.78 is 0. The first-order valence-electron chi connectivity index (χ1n) is 7.53. The number of rotatable bonds is 4. The highest BCUT2D eigenvalue weighted by Crippen LogP contribution is 2.25. The van der Waals surface area contributed by atoms with E-state index in [0.717, 1.165) is 31.0 Å². The molecule has 1 N–H and O–H groups in total. The predicted molar refractivity (Wildman–Crippen MR) is 77.1 cm³/mol. The Labute approximate surface area is 115 Å². The molecule has 0 amide bonds. The van der Waals surface area contributed by atoms with Gasteiger partial charge < -0.3 is 10.2 Å². The van der Waals surface area contributed by atoms with E-state index >= 15 is 0 Å². The van der Waals surface area contributed by atoms with Gasteiger partial charge in [-0.3, -0.25) is 0 Å². The van der Waals surface area contributed by atoms with Crippen LogP contribution in [0, 0.1) is 5.92 Å². The van der Waals surface area contributed by atoms with Gasteiger partial charge in [0.05, 0.1) is 0 Å². The fourth-order valence-corrected chi connectivity index (χ4v) is 2.84. The molecule has 104 valence electrons.